The maximum atomic E-state index is 12.5. The largest absolute Gasteiger partial charge is 0.496 e. The summed E-state index contributed by atoms with van der Waals surface area (Å²) in [6.07, 6.45) is 2.72. The molecular weight excluding hydrogens is 288 g/mol. The summed E-state index contributed by atoms with van der Waals surface area (Å²) in [5, 5.41) is 3.53. The van der Waals surface area contributed by atoms with Crippen molar-refractivity contribution in [1.29, 1.82) is 0 Å². The Morgan fingerprint density at radius 2 is 2.19 bits per heavy atom. The molecule has 1 aromatic rings. The number of ether oxygens (including phenoxy) is 1. The lowest BCUT2D eigenvalue weighted by Crippen LogP contribution is -2.47. The molecule has 21 heavy (non-hydrogen) atoms. The van der Waals surface area contributed by atoms with E-state index >= 15 is 0 Å². The zero-order valence-corrected chi connectivity index (χ0v) is 13.2. The van der Waals surface area contributed by atoms with Crippen LogP contribution >= 0.6 is 12.4 Å². The first-order valence-electron chi connectivity index (χ1n) is 7.41. The SMILES string of the molecule is COc1ccccc1CC(=O)N1CCC2NCCC2C1.Cl. The molecule has 2 atom stereocenters. The molecule has 0 aliphatic carbocycles. The quantitative estimate of drug-likeness (QED) is 0.927. The van der Waals surface area contributed by atoms with Crippen molar-refractivity contribution in [1.82, 2.24) is 10.2 Å². The molecule has 0 bridgehead atoms. The van der Waals surface area contributed by atoms with Crippen molar-refractivity contribution in [2.24, 2.45) is 5.92 Å². The van der Waals surface area contributed by atoms with E-state index in [1.807, 2.05) is 29.2 Å². The Balaban J connectivity index is 0.00000161. The van der Waals surface area contributed by atoms with Crippen molar-refractivity contribution in [3.8, 4) is 5.75 Å². The normalized spacial score (nSPS) is 24.1. The Morgan fingerprint density at radius 3 is 3.00 bits per heavy atom. The van der Waals surface area contributed by atoms with Gasteiger partial charge < -0.3 is 15.0 Å². The van der Waals surface area contributed by atoms with Crippen LogP contribution in [0.1, 0.15) is 18.4 Å². The number of hydrogen-bond donors (Lipinski definition) is 1. The summed E-state index contributed by atoms with van der Waals surface area (Å²) in [5.41, 5.74) is 0.978. The molecule has 2 unspecified atom stereocenters. The van der Waals surface area contributed by atoms with Gasteiger partial charge in [-0.3, -0.25) is 4.79 Å². The van der Waals surface area contributed by atoms with Gasteiger partial charge in [0.1, 0.15) is 5.75 Å². The van der Waals surface area contributed by atoms with Gasteiger partial charge in [-0.15, -0.1) is 12.4 Å². The van der Waals surface area contributed by atoms with Gasteiger partial charge in [0.15, 0.2) is 0 Å². The highest BCUT2D eigenvalue weighted by Gasteiger charge is 2.34. The summed E-state index contributed by atoms with van der Waals surface area (Å²) in [5.74, 6) is 1.67. The second-order valence-corrected chi connectivity index (χ2v) is 5.73. The molecule has 1 aromatic carbocycles. The van der Waals surface area contributed by atoms with Gasteiger partial charge in [-0.1, -0.05) is 18.2 Å². The number of nitrogens with zero attached hydrogens (tertiary/aromatic N) is 1. The molecule has 116 valence electrons. The van der Waals surface area contributed by atoms with Crippen molar-refractivity contribution in [3.63, 3.8) is 0 Å². The number of amides is 1. The Morgan fingerprint density at radius 1 is 1.38 bits per heavy atom. The van der Waals surface area contributed by atoms with Crippen LogP contribution in [0.15, 0.2) is 24.3 Å². The summed E-state index contributed by atoms with van der Waals surface area (Å²) in [6.45, 7) is 2.89. The van der Waals surface area contributed by atoms with Crippen LogP contribution in [0.4, 0.5) is 0 Å². The number of carbonyl (C=O) groups is 1. The molecule has 5 heteroatoms. The molecule has 2 aliphatic rings. The molecule has 2 aliphatic heterocycles. The number of piperidine rings is 1. The predicted octanol–water partition coefficient (Wildman–Crippen LogP) is 1.87. The van der Waals surface area contributed by atoms with Gasteiger partial charge in [-0.2, -0.15) is 0 Å². The number of fused-ring (bicyclic) bond motifs is 1. The molecule has 0 aromatic heterocycles. The number of halogens is 1. The van der Waals surface area contributed by atoms with Crippen molar-refractivity contribution in [3.05, 3.63) is 29.8 Å². The van der Waals surface area contributed by atoms with E-state index in [-0.39, 0.29) is 18.3 Å². The Hall–Kier alpha value is -1.26. The Labute approximate surface area is 132 Å². The molecular formula is C16H23ClN2O2. The molecule has 3 rings (SSSR count). The highest BCUT2D eigenvalue weighted by molar-refractivity contribution is 5.85. The maximum absolute atomic E-state index is 12.5. The number of para-hydroxylation sites is 1. The predicted molar refractivity (Wildman–Crippen MR) is 85.0 cm³/mol. The van der Waals surface area contributed by atoms with E-state index < -0.39 is 0 Å². The standard InChI is InChI=1S/C16H22N2O2.ClH/c1-20-15-5-3-2-4-12(15)10-16(19)18-9-7-14-13(11-18)6-8-17-14;/h2-5,13-14,17H,6-11H2,1H3;1H. The van der Waals surface area contributed by atoms with E-state index in [2.05, 4.69) is 5.32 Å². The third-order valence-corrected chi connectivity index (χ3v) is 4.54. The smallest absolute Gasteiger partial charge is 0.227 e. The van der Waals surface area contributed by atoms with Gasteiger partial charge >= 0.3 is 0 Å². The minimum absolute atomic E-state index is 0. The minimum Gasteiger partial charge on any atom is -0.496 e. The maximum Gasteiger partial charge on any atom is 0.227 e. The fourth-order valence-corrected chi connectivity index (χ4v) is 3.40. The van der Waals surface area contributed by atoms with Crippen LogP contribution in [0.5, 0.6) is 5.75 Å². The Bertz CT molecular complexity index is 495. The number of nitrogens with one attached hydrogen (secondary N) is 1. The number of hydrogen-bond acceptors (Lipinski definition) is 3. The van der Waals surface area contributed by atoms with Crippen LogP contribution in [-0.2, 0) is 11.2 Å². The first-order chi connectivity index (χ1) is 9.78. The highest BCUT2D eigenvalue weighted by atomic mass is 35.5. The second-order valence-electron chi connectivity index (χ2n) is 5.73. The minimum atomic E-state index is 0. The van der Waals surface area contributed by atoms with E-state index in [1.54, 1.807) is 7.11 Å². The van der Waals surface area contributed by atoms with Crippen molar-refractivity contribution in [2.45, 2.75) is 25.3 Å². The highest BCUT2D eigenvalue weighted by Crippen LogP contribution is 2.26. The second kappa shape index (κ2) is 7.14. The molecule has 2 saturated heterocycles. The third-order valence-electron chi connectivity index (χ3n) is 4.54. The topological polar surface area (TPSA) is 41.6 Å². The molecule has 0 spiro atoms. The van der Waals surface area contributed by atoms with Crippen LogP contribution in [-0.4, -0.2) is 43.6 Å². The van der Waals surface area contributed by atoms with E-state index in [0.717, 1.165) is 37.4 Å². The summed E-state index contributed by atoms with van der Waals surface area (Å²) < 4.78 is 5.32. The van der Waals surface area contributed by atoms with E-state index in [1.165, 1.54) is 6.42 Å². The lowest BCUT2D eigenvalue weighted by molar-refractivity contribution is -0.132. The molecule has 0 radical (unpaired) electrons. The summed E-state index contributed by atoms with van der Waals surface area (Å²) in [6, 6.07) is 8.40. The van der Waals surface area contributed by atoms with Gasteiger partial charge in [0.2, 0.25) is 5.91 Å². The molecule has 4 nitrogen and oxygen atoms in total. The third kappa shape index (κ3) is 3.50. The number of methoxy groups -OCH3 is 1. The lowest BCUT2D eigenvalue weighted by atomic mass is 9.93. The van der Waals surface area contributed by atoms with Crippen LogP contribution in [0.2, 0.25) is 0 Å². The summed E-state index contributed by atoms with van der Waals surface area (Å²) in [4.78, 5) is 14.5. The lowest BCUT2D eigenvalue weighted by Gasteiger charge is -2.35. The number of benzene rings is 1. The molecule has 1 N–H and O–H groups in total. The summed E-state index contributed by atoms with van der Waals surface area (Å²) >= 11 is 0. The Kier molecular flexibility index (Phi) is 5.48. The van der Waals surface area contributed by atoms with Crippen LogP contribution in [0.3, 0.4) is 0 Å². The van der Waals surface area contributed by atoms with E-state index in [4.69, 9.17) is 4.74 Å². The first-order valence-corrected chi connectivity index (χ1v) is 7.41. The van der Waals surface area contributed by atoms with Crippen LogP contribution in [0.25, 0.3) is 0 Å². The average Bonchev–Trinajstić information content (AvgIpc) is 2.95. The molecule has 1 amide bonds. The molecule has 2 fully saturated rings. The van der Waals surface area contributed by atoms with Crippen molar-refractivity contribution in [2.75, 3.05) is 26.7 Å². The molecule has 2 heterocycles. The zero-order valence-electron chi connectivity index (χ0n) is 12.4. The fraction of sp³-hybridized carbons (Fsp3) is 0.562. The van der Waals surface area contributed by atoms with Gasteiger partial charge in [0.05, 0.1) is 13.5 Å². The number of carbonyl (C=O) groups excluding carboxylic acids is 1. The zero-order chi connectivity index (χ0) is 13.9. The summed E-state index contributed by atoms with van der Waals surface area (Å²) in [7, 11) is 1.65. The van der Waals surface area contributed by atoms with Crippen molar-refractivity contribution >= 4 is 18.3 Å². The van der Waals surface area contributed by atoms with Crippen LogP contribution < -0.4 is 10.1 Å². The van der Waals surface area contributed by atoms with Gasteiger partial charge in [-0.05, 0) is 31.4 Å². The fourth-order valence-electron chi connectivity index (χ4n) is 3.40. The van der Waals surface area contributed by atoms with Crippen LogP contribution in [0, 0.1) is 5.92 Å². The molecule has 0 saturated carbocycles. The number of rotatable bonds is 3. The van der Waals surface area contributed by atoms with E-state index in [9.17, 15) is 4.79 Å². The van der Waals surface area contributed by atoms with Gasteiger partial charge in [-0.25, -0.2) is 0 Å². The van der Waals surface area contributed by atoms with E-state index in [0.29, 0.717) is 18.4 Å². The first kappa shape index (κ1) is 16.1. The average molecular weight is 311 g/mol. The van der Waals surface area contributed by atoms with Gasteiger partial charge in [0, 0.05) is 24.7 Å². The number of likely N-dealkylation sites (tertiary alicyclic amines) is 1. The van der Waals surface area contributed by atoms with Crippen molar-refractivity contribution < 1.29 is 9.53 Å². The van der Waals surface area contributed by atoms with Gasteiger partial charge in [0.25, 0.3) is 0 Å². The monoisotopic (exact) mass is 310 g/mol.